The van der Waals surface area contributed by atoms with Crippen LogP contribution in [0.4, 0.5) is 0 Å². The van der Waals surface area contributed by atoms with Crippen LogP contribution in [0, 0.1) is 0 Å². The van der Waals surface area contributed by atoms with Gasteiger partial charge in [0.25, 0.3) is 5.91 Å². The van der Waals surface area contributed by atoms with Crippen LogP contribution < -0.4 is 14.8 Å². The van der Waals surface area contributed by atoms with Gasteiger partial charge in [0.2, 0.25) is 0 Å². The highest BCUT2D eigenvalue weighted by atomic mass is 16.5. The number of nitrogens with zero attached hydrogens (tertiary/aromatic N) is 3. The predicted octanol–water partition coefficient (Wildman–Crippen LogP) is 2.71. The van der Waals surface area contributed by atoms with Crippen molar-refractivity contribution in [3.63, 3.8) is 0 Å². The molecule has 7 nitrogen and oxygen atoms in total. The zero-order valence-electron chi connectivity index (χ0n) is 18.2. The minimum Gasteiger partial charge on any atom is -0.493 e. The molecule has 4 rings (SSSR count). The fourth-order valence-corrected chi connectivity index (χ4v) is 4.73. The molecule has 1 aromatic heterocycles. The maximum absolute atomic E-state index is 13.1. The number of para-hydroxylation sites is 1. The van der Waals surface area contributed by atoms with E-state index in [2.05, 4.69) is 16.5 Å². The van der Waals surface area contributed by atoms with Crippen LogP contribution in [0.5, 0.6) is 11.5 Å². The summed E-state index contributed by atoms with van der Waals surface area (Å²) in [6, 6.07) is 6.24. The molecule has 0 spiro atoms. The number of carbonyl (C=O) groups excluding carboxylic acids is 1. The van der Waals surface area contributed by atoms with Crippen LogP contribution in [0.25, 0.3) is 0 Å². The third-order valence-electron chi connectivity index (χ3n) is 6.37. The van der Waals surface area contributed by atoms with E-state index in [9.17, 15) is 4.79 Å². The molecule has 1 aromatic carbocycles. The molecule has 30 heavy (non-hydrogen) atoms. The number of methoxy groups -OCH3 is 2. The van der Waals surface area contributed by atoms with Gasteiger partial charge in [-0.25, -0.2) is 0 Å². The molecule has 0 radical (unpaired) electrons. The van der Waals surface area contributed by atoms with Crippen molar-refractivity contribution < 1.29 is 14.3 Å². The molecule has 2 aromatic rings. The van der Waals surface area contributed by atoms with Gasteiger partial charge in [-0.3, -0.25) is 9.48 Å². The number of amides is 1. The molecular weight excluding hydrogens is 380 g/mol. The zero-order valence-corrected chi connectivity index (χ0v) is 18.2. The number of nitrogens with one attached hydrogen (secondary N) is 1. The molecule has 1 N–H and O–H groups in total. The van der Waals surface area contributed by atoms with E-state index in [-0.39, 0.29) is 5.91 Å². The van der Waals surface area contributed by atoms with E-state index in [1.165, 1.54) is 12.1 Å². The van der Waals surface area contributed by atoms with E-state index in [0.717, 1.165) is 67.8 Å². The van der Waals surface area contributed by atoms with Crippen molar-refractivity contribution in [2.24, 2.45) is 7.05 Å². The lowest BCUT2D eigenvalue weighted by Crippen LogP contribution is -2.38. The Morgan fingerprint density at radius 3 is 2.73 bits per heavy atom. The molecule has 0 unspecified atom stereocenters. The highest BCUT2D eigenvalue weighted by Gasteiger charge is 2.30. The Kier molecular flexibility index (Phi) is 6.27. The number of benzene rings is 1. The molecule has 7 heteroatoms. The highest BCUT2D eigenvalue weighted by molar-refractivity contribution is 5.94. The van der Waals surface area contributed by atoms with Crippen molar-refractivity contribution in [3.05, 3.63) is 40.7 Å². The number of carbonyl (C=O) groups is 1. The molecule has 2 aliphatic rings. The molecule has 162 valence electrons. The largest absolute Gasteiger partial charge is 0.493 e. The number of aryl methyl sites for hydroxylation is 1. The number of likely N-dealkylation sites (tertiary alicyclic amines) is 1. The van der Waals surface area contributed by atoms with Gasteiger partial charge in [0.1, 0.15) is 0 Å². The predicted molar refractivity (Wildman–Crippen MR) is 115 cm³/mol. The minimum absolute atomic E-state index is 0.0988. The fourth-order valence-electron chi connectivity index (χ4n) is 4.73. The quantitative estimate of drug-likeness (QED) is 0.790. The first-order valence-electron chi connectivity index (χ1n) is 10.9. The van der Waals surface area contributed by atoms with E-state index in [0.29, 0.717) is 18.3 Å². The summed E-state index contributed by atoms with van der Waals surface area (Å²) in [5.41, 5.74) is 4.04. The third-order valence-corrected chi connectivity index (χ3v) is 6.37. The Hall–Kier alpha value is -2.54. The van der Waals surface area contributed by atoms with Crippen LogP contribution in [0.2, 0.25) is 0 Å². The second-order valence-electron chi connectivity index (χ2n) is 8.22. The lowest BCUT2D eigenvalue weighted by molar-refractivity contribution is 0.0716. The van der Waals surface area contributed by atoms with Gasteiger partial charge in [-0.2, -0.15) is 5.10 Å². The van der Waals surface area contributed by atoms with Crippen LogP contribution in [0.1, 0.15) is 53.0 Å². The van der Waals surface area contributed by atoms with Crippen LogP contribution in [0.3, 0.4) is 0 Å². The average molecular weight is 413 g/mol. The number of hydrogen-bond acceptors (Lipinski definition) is 5. The normalized spacial score (nSPS) is 18.8. The lowest BCUT2D eigenvalue weighted by atomic mass is 9.90. The number of hydrogen-bond donors (Lipinski definition) is 1. The number of rotatable bonds is 6. The van der Waals surface area contributed by atoms with Crippen LogP contribution in [-0.4, -0.2) is 53.9 Å². The van der Waals surface area contributed by atoms with E-state index in [1.807, 2.05) is 28.8 Å². The first-order valence-corrected chi connectivity index (χ1v) is 10.9. The van der Waals surface area contributed by atoms with Crippen LogP contribution in [0.15, 0.2) is 18.2 Å². The summed E-state index contributed by atoms with van der Waals surface area (Å²) in [7, 11) is 5.28. The maximum atomic E-state index is 13.1. The minimum atomic E-state index is 0.0988. The first-order chi connectivity index (χ1) is 14.6. The Balaban J connectivity index is 1.48. The van der Waals surface area contributed by atoms with Crippen molar-refractivity contribution in [2.45, 2.75) is 51.1 Å². The lowest BCUT2D eigenvalue weighted by Gasteiger charge is -2.28. The molecule has 1 atom stereocenters. The van der Waals surface area contributed by atoms with Gasteiger partial charge >= 0.3 is 0 Å². The summed E-state index contributed by atoms with van der Waals surface area (Å²) in [4.78, 5) is 15.1. The van der Waals surface area contributed by atoms with Crippen molar-refractivity contribution in [2.75, 3.05) is 27.3 Å². The summed E-state index contributed by atoms with van der Waals surface area (Å²) >= 11 is 0. The van der Waals surface area contributed by atoms with Gasteiger partial charge in [-0.15, -0.1) is 0 Å². The van der Waals surface area contributed by atoms with E-state index < -0.39 is 0 Å². The Morgan fingerprint density at radius 2 is 2.00 bits per heavy atom. The molecule has 1 aliphatic carbocycles. The third kappa shape index (κ3) is 4.03. The molecule has 2 heterocycles. The molecule has 1 amide bonds. The smallest absolute Gasteiger partial charge is 0.274 e. The first kappa shape index (κ1) is 20.7. The number of ether oxygens (including phenoxy) is 2. The highest BCUT2D eigenvalue weighted by Crippen LogP contribution is 2.31. The van der Waals surface area contributed by atoms with Gasteiger partial charge in [0, 0.05) is 49.5 Å². The maximum Gasteiger partial charge on any atom is 0.274 e. The van der Waals surface area contributed by atoms with Gasteiger partial charge in [-0.05, 0) is 44.6 Å². The zero-order chi connectivity index (χ0) is 21.1. The van der Waals surface area contributed by atoms with Crippen molar-refractivity contribution >= 4 is 5.91 Å². The summed E-state index contributed by atoms with van der Waals surface area (Å²) in [6.07, 6.45) is 6.17. The number of piperidine rings is 1. The summed E-state index contributed by atoms with van der Waals surface area (Å²) < 4.78 is 12.9. The van der Waals surface area contributed by atoms with Crippen molar-refractivity contribution in [3.8, 4) is 11.5 Å². The fraction of sp³-hybridized carbons (Fsp3) is 0.565. The Labute approximate surface area is 178 Å². The summed E-state index contributed by atoms with van der Waals surface area (Å²) in [5, 5.41) is 8.29. The average Bonchev–Trinajstić information content (AvgIpc) is 3.13. The molecule has 1 fully saturated rings. The second kappa shape index (κ2) is 9.08. The van der Waals surface area contributed by atoms with Crippen molar-refractivity contribution in [1.29, 1.82) is 0 Å². The van der Waals surface area contributed by atoms with Crippen molar-refractivity contribution in [1.82, 2.24) is 20.0 Å². The van der Waals surface area contributed by atoms with Gasteiger partial charge in [0.15, 0.2) is 17.2 Å². The number of aromatic nitrogens is 2. The molecule has 1 saturated heterocycles. The van der Waals surface area contributed by atoms with E-state index in [1.54, 1.807) is 14.2 Å². The topological polar surface area (TPSA) is 68.6 Å². The Bertz CT molecular complexity index is 902. The number of fused-ring (bicyclic) bond motifs is 1. The molecule has 0 saturated carbocycles. The Morgan fingerprint density at radius 1 is 1.20 bits per heavy atom. The van der Waals surface area contributed by atoms with Crippen LogP contribution >= 0.6 is 0 Å². The van der Waals surface area contributed by atoms with Gasteiger partial charge < -0.3 is 19.7 Å². The van der Waals surface area contributed by atoms with E-state index >= 15 is 0 Å². The SMILES string of the molecule is COc1cccc(CN[C@H]2CCc3c(c(C(=O)N4CCCCC4)nn3C)C2)c1OC. The summed E-state index contributed by atoms with van der Waals surface area (Å²) in [6.45, 7) is 2.39. The monoisotopic (exact) mass is 412 g/mol. The summed E-state index contributed by atoms with van der Waals surface area (Å²) in [5.74, 6) is 1.61. The molecular formula is C23H32N4O3. The van der Waals surface area contributed by atoms with Gasteiger partial charge in [-0.1, -0.05) is 12.1 Å². The van der Waals surface area contributed by atoms with Gasteiger partial charge in [0.05, 0.1) is 14.2 Å². The standard InChI is InChI=1S/C23H32N4O3/c1-26-19-11-10-17(24-15-16-8-7-9-20(29-2)22(16)30-3)14-18(19)21(25-26)23(28)27-12-5-4-6-13-27/h7-9,17,24H,4-6,10-15H2,1-3H3/t17-/m0/s1. The molecule has 0 bridgehead atoms. The van der Waals surface area contributed by atoms with E-state index in [4.69, 9.17) is 9.47 Å². The second-order valence-corrected chi connectivity index (χ2v) is 8.22. The molecule has 1 aliphatic heterocycles. The van der Waals surface area contributed by atoms with Crippen LogP contribution in [-0.2, 0) is 26.4 Å².